The van der Waals surface area contributed by atoms with Gasteiger partial charge in [0.2, 0.25) is 11.8 Å². The predicted molar refractivity (Wildman–Crippen MR) is 103 cm³/mol. The highest BCUT2D eigenvalue weighted by Crippen LogP contribution is 2.23. The Bertz CT molecular complexity index is 564. The number of amides is 2. The Labute approximate surface area is 175 Å². The molecule has 0 spiro atoms. The number of aliphatic hydroxyl groups is 5. The number of nitrogens with zero attached hydrogens (tertiary/aromatic N) is 1. The largest absolute Gasteiger partial charge is 0.394 e. The van der Waals surface area contributed by atoms with Crippen LogP contribution in [-0.4, -0.2) is 111 Å². The third-order valence-electron chi connectivity index (χ3n) is 5.49. The molecule has 2 saturated heterocycles. The van der Waals surface area contributed by atoms with Crippen LogP contribution in [0.3, 0.4) is 0 Å². The Morgan fingerprint density at radius 1 is 1.10 bits per heavy atom. The summed E-state index contributed by atoms with van der Waals surface area (Å²) >= 11 is 0. The van der Waals surface area contributed by atoms with Gasteiger partial charge in [-0.25, -0.2) is 0 Å². The van der Waals surface area contributed by atoms with E-state index < -0.39 is 49.3 Å². The lowest BCUT2D eigenvalue weighted by Crippen LogP contribution is -2.64. The van der Waals surface area contributed by atoms with Crippen molar-refractivity contribution < 1.29 is 44.6 Å². The van der Waals surface area contributed by atoms with E-state index >= 15 is 0 Å². The highest BCUT2D eigenvalue weighted by molar-refractivity contribution is 5.77. The zero-order valence-electron chi connectivity index (χ0n) is 17.2. The van der Waals surface area contributed by atoms with Crippen molar-refractivity contribution >= 4 is 11.8 Å². The minimum absolute atomic E-state index is 0.101. The van der Waals surface area contributed by atoms with Gasteiger partial charge < -0.3 is 45.2 Å². The van der Waals surface area contributed by atoms with Crippen molar-refractivity contribution in [2.45, 2.75) is 81.8 Å². The molecule has 0 aliphatic carbocycles. The summed E-state index contributed by atoms with van der Waals surface area (Å²) in [6.07, 6.45) is -2.78. The number of nitrogens with one attached hydrogen (secondary N) is 1. The molecule has 0 radical (unpaired) electrons. The molecule has 30 heavy (non-hydrogen) atoms. The molecule has 2 fully saturated rings. The molecule has 0 bridgehead atoms. The number of likely N-dealkylation sites (tertiary alicyclic amines) is 1. The average Bonchev–Trinajstić information content (AvgIpc) is 3.10. The van der Waals surface area contributed by atoms with Crippen LogP contribution in [0.1, 0.15) is 39.0 Å². The molecule has 11 nitrogen and oxygen atoms in total. The molecule has 7 atom stereocenters. The molecular weight excluding hydrogens is 400 g/mol. The molecule has 0 aromatic heterocycles. The van der Waals surface area contributed by atoms with Gasteiger partial charge in [0.25, 0.3) is 0 Å². The molecule has 2 amide bonds. The Morgan fingerprint density at radius 3 is 2.47 bits per heavy atom. The second-order valence-electron chi connectivity index (χ2n) is 7.89. The fourth-order valence-electron chi connectivity index (χ4n) is 3.88. The number of unbranched alkanes of at least 4 members (excludes halogenated alkanes) is 2. The van der Waals surface area contributed by atoms with E-state index in [-0.39, 0.29) is 31.7 Å². The van der Waals surface area contributed by atoms with Crippen LogP contribution in [0, 0.1) is 0 Å². The van der Waals surface area contributed by atoms with Crippen LogP contribution in [0.25, 0.3) is 0 Å². The van der Waals surface area contributed by atoms with Crippen LogP contribution < -0.4 is 5.32 Å². The van der Waals surface area contributed by atoms with Gasteiger partial charge in [0.15, 0.2) is 6.29 Å². The van der Waals surface area contributed by atoms with E-state index in [2.05, 4.69) is 5.32 Å². The van der Waals surface area contributed by atoms with Gasteiger partial charge in [0, 0.05) is 26.5 Å². The normalized spacial score (nSPS) is 34.2. The summed E-state index contributed by atoms with van der Waals surface area (Å²) in [7, 11) is 0. The SMILES string of the molecule is CC(=O)N[C@H]1C(O)[C@@H](O)C(CO)O[C@H]1OCCCCCC(=O)N1C[C@H](O)C[C@H]1CO. The Balaban J connectivity index is 1.72. The standard InChI is InChI=1S/C19H34N2O9/c1-11(24)20-16-18(28)17(27)14(10-23)30-19(16)29-6-4-2-3-5-15(26)21-8-13(25)7-12(21)9-22/h12-14,16-19,22-23,25,27-28H,2-10H2,1H3,(H,20,24)/t12-,13+,14?,16-,17-,18?,19+/m0/s1. The van der Waals surface area contributed by atoms with Crippen molar-refractivity contribution in [2.75, 3.05) is 26.4 Å². The maximum absolute atomic E-state index is 12.3. The first-order chi connectivity index (χ1) is 14.3. The molecule has 2 rings (SSSR count). The van der Waals surface area contributed by atoms with Crippen molar-refractivity contribution in [3.63, 3.8) is 0 Å². The van der Waals surface area contributed by atoms with Gasteiger partial charge >= 0.3 is 0 Å². The quantitative estimate of drug-likeness (QED) is 0.203. The molecule has 2 heterocycles. The van der Waals surface area contributed by atoms with E-state index in [0.29, 0.717) is 32.1 Å². The summed E-state index contributed by atoms with van der Waals surface area (Å²) in [5, 5.41) is 50.9. The van der Waals surface area contributed by atoms with E-state index in [9.17, 15) is 35.1 Å². The van der Waals surface area contributed by atoms with Crippen molar-refractivity contribution in [1.82, 2.24) is 10.2 Å². The molecule has 11 heteroatoms. The molecule has 0 aromatic rings. The van der Waals surface area contributed by atoms with Gasteiger partial charge in [-0.2, -0.15) is 0 Å². The lowest BCUT2D eigenvalue weighted by atomic mass is 9.97. The van der Waals surface area contributed by atoms with E-state index in [1.54, 1.807) is 0 Å². The third kappa shape index (κ3) is 6.58. The number of carbonyl (C=O) groups is 2. The summed E-state index contributed by atoms with van der Waals surface area (Å²) < 4.78 is 11.1. The zero-order valence-corrected chi connectivity index (χ0v) is 17.2. The highest BCUT2D eigenvalue weighted by atomic mass is 16.7. The van der Waals surface area contributed by atoms with Crippen LogP contribution >= 0.6 is 0 Å². The van der Waals surface area contributed by atoms with Gasteiger partial charge in [-0.15, -0.1) is 0 Å². The zero-order chi connectivity index (χ0) is 22.3. The second-order valence-corrected chi connectivity index (χ2v) is 7.89. The first kappa shape index (κ1) is 24.9. The summed E-state index contributed by atoms with van der Waals surface area (Å²) in [4.78, 5) is 25.2. The van der Waals surface area contributed by atoms with Crippen molar-refractivity contribution in [3.8, 4) is 0 Å². The smallest absolute Gasteiger partial charge is 0.222 e. The van der Waals surface area contributed by atoms with E-state index in [1.165, 1.54) is 11.8 Å². The first-order valence-corrected chi connectivity index (χ1v) is 10.4. The topological polar surface area (TPSA) is 169 Å². The fraction of sp³-hybridized carbons (Fsp3) is 0.895. The van der Waals surface area contributed by atoms with Crippen LogP contribution in [0.15, 0.2) is 0 Å². The molecule has 2 aliphatic rings. The van der Waals surface area contributed by atoms with Gasteiger partial charge in [-0.05, 0) is 19.3 Å². The number of aliphatic hydroxyl groups excluding tert-OH is 5. The van der Waals surface area contributed by atoms with E-state index in [0.717, 1.165) is 0 Å². The average molecular weight is 434 g/mol. The van der Waals surface area contributed by atoms with Crippen LogP contribution in [0.2, 0.25) is 0 Å². The Hall–Kier alpha value is -1.34. The molecule has 0 aromatic carbocycles. The second kappa shape index (κ2) is 11.9. The number of hydrogen-bond acceptors (Lipinski definition) is 9. The molecular formula is C19H34N2O9. The number of hydrogen-bond donors (Lipinski definition) is 6. The summed E-state index contributed by atoms with van der Waals surface area (Å²) in [5.74, 6) is -0.520. The van der Waals surface area contributed by atoms with E-state index in [1.807, 2.05) is 0 Å². The molecule has 174 valence electrons. The number of β-amino-alcohol motifs (C(OH)–C–C–N with tert-alkyl or cyclic N) is 1. The molecule has 2 aliphatic heterocycles. The summed E-state index contributed by atoms with van der Waals surface area (Å²) in [6, 6.07) is -1.30. The minimum atomic E-state index is -1.36. The van der Waals surface area contributed by atoms with Crippen LogP contribution in [0.4, 0.5) is 0 Å². The molecule has 6 N–H and O–H groups in total. The first-order valence-electron chi connectivity index (χ1n) is 10.4. The Morgan fingerprint density at radius 2 is 1.83 bits per heavy atom. The van der Waals surface area contributed by atoms with Crippen molar-refractivity contribution in [2.24, 2.45) is 0 Å². The lowest BCUT2D eigenvalue weighted by molar-refractivity contribution is -0.270. The van der Waals surface area contributed by atoms with Crippen molar-refractivity contribution in [1.29, 1.82) is 0 Å². The number of ether oxygens (including phenoxy) is 2. The number of carbonyl (C=O) groups excluding carboxylic acids is 2. The maximum atomic E-state index is 12.3. The van der Waals surface area contributed by atoms with Crippen LogP contribution in [-0.2, 0) is 19.1 Å². The molecule has 0 saturated carbocycles. The van der Waals surface area contributed by atoms with Gasteiger partial charge in [0.05, 0.1) is 25.4 Å². The van der Waals surface area contributed by atoms with Crippen molar-refractivity contribution in [3.05, 3.63) is 0 Å². The fourth-order valence-corrected chi connectivity index (χ4v) is 3.88. The van der Waals surface area contributed by atoms with Crippen LogP contribution in [0.5, 0.6) is 0 Å². The predicted octanol–water partition coefficient (Wildman–Crippen LogP) is -2.54. The highest BCUT2D eigenvalue weighted by Gasteiger charge is 2.45. The Kier molecular flexibility index (Phi) is 9.88. The monoisotopic (exact) mass is 434 g/mol. The van der Waals surface area contributed by atoms with E-state index in [4.69, 9.17) is 9.47 Å². The lowest BCUT2D eigenvalue weighted by Gasteiger charge is -2.42. The number of rotatable bonds is 10. The van der Waals surface area contributed by atoms with Gasteiger partial charge in [-0.3, -0.25) is 9.59 Å². The maximum Gasteiger partial charge on any atom is 0.222 e. The third-order valence-corrected chi connectivity index (χ3v) is 5.49. The van der Waals surface area contributed by atoms with Gasteiger partial charge in [0.1, 0.15) is 24.4 Å². The molecule has 2 unspecified atom stereocenters. The van der Waals surface area contributed by atoms with Gasteiger partial charge in [-0.1, -0.05) is 6.42 Å². The summed E-state index contributed by atoms with van der Waals surface area (Å²) in [6.45, 7) is 1.08. The minimum Gasteiger partial charge on any atom is -0.394 e. The summed E-state index contributed by atoms with van der Waals surface area (Å²) in [5.41, 5.74) is 0.